The van der Waals surface area contributed by atoms with E-state index in [9.17, 15) is 14.4 Å². The number of aromatic nitrogens is 2. The van der Waals surface area contributed by atoms with E-state index in [4.69, 9.17) is 0 Å². The van der Waals surface area contributed by atoms with Gasteiger partial charge in [-0.15, -0.1) is 0 Å². The summed E-state index contributed by atoms with van der Waals surface area (Å²) in [5.41, 5.74) is 2.39. The van der Waals surface area contributed by atoms with Crippen molar-refractivity contribution in [3.05, 3.63) is 34.2 Å². The van der Waals surface area contributed by atoms with Crippen LogP contribution in [-0.2, 0) is 23.1 Å². The number of nitrogens with zero attached hydrogens (tertiary/aromatic N) is 2. The Hall–Kier alpha value is -2.37. The molecule has 1 aromatic heterocycles. The Morgan fingerprint density at radius 2 is 2.05 bits per heavy atom. The van der Waals surface area contributed by atoms with Crippen molar-refractivity contribution in [2.75, 3.05) is 0 Å². The first-order valence-electron chi connectivity index (χ1n) is 7.49. The predicted octanol–water partition coefficient (Wildman–Crippen LogP) is 1.52. The normalized spacial score (nSPS) is 12.3. The Morgan fingerprint density at radius 3 is 2.64 bits per heavy atom. The van der Waals surface area contributed by atoms with Gasteiger partial charge in [0.15, 0.2) is 0 Å². The van der Waals surface area contributed by atoms with Gasteiger partial charge in [-0.2, -0.15) is 0 Å². The summed E-state index contributed by atoms with van der Waals surface area (Å²) in [5, 5.41) is 2.16. The van der Waals surface area contributed by atoms with Gasteiger partial charge in [-0.3, -0.25) is 24.0 Å². The number of hydrogen-bond acceptors (Lipinski definition) is 3. The molecule has 0 aliphatic carbocycles. The van der Waals surface area contributed by atoms with Crippen LogP contribution in [-0.4, -0.2) is 21.5 Å². The number of fused-ring (bicyclic) bond motifs is 1. The van der Waals surface area contributed by atoms with Crippen LogP contribution in [0.4, 0.5) is 0 Å². The van der Waals surface area contributed by atoms with E-state index in [1.165, 1.54) is 4.57 Å². The predicted molar refractivity (Wildman–Crippen MR) is 84.7 cm³/mol. The number of benzene rings is 1. The Kier molecular flexibility index (Phi) is 4.80. The second kappa shape index (κ2) is 6.60. The quantitative estimate of drug-likeness (QED) is 0.822. The zero-order valence-electron chi connectivity index (χ0n) is 13.1. The van der Waals surface area contributed by atoms with Crippen molar-refractivity contribution in [3.8, 4) is 0 Å². The van der Waals surface area contributed by atoms with Crippen LogP contribution in [0.3, 0.4) is 0 Å². The number of imide groups is 1. The first-order chi connectivity index (χ1) is 10.5. The average molecular weight is 303 g/mol. The minimum absolute atomic E-state index is 0.247. The largest absolute Gasteiger partial charge is 0.329 e. The molecule has 0 aliphatic rings. The Balaban J connectivity index is 2.66. The van der Waals surface area contributed by atoms with Crippen LogP contribution in [0.5, 0.6) is 0 Å². The van der Waals surface area contributed by atoms with Crippen molar-refractivity contribution in [1.82, 2.24) is 14.5 Å². The van der Waals surface area contributed by atoms with Crippen LogP contribution in [0.25, 0.3) is 11.0 Å². The SMILES string of the molecule is CCCC(C(=O)NC=O)n1c(=O)n(C)c2cc(CC)ccc21. The minimum Gasteiger partial charge on any atom is -0.297 e. The minimum atomic E-state index is -0.682. The Morgan fingerprint density at radius 1 is 1.32 bits per heavy atom. The first-order valence-corrected chi connectivity index (χ1v) is 7.49. The van der Waals surface area contributed by atoms with Crippen LogP contribution in [0, 0.1) is 0 Å². The van der Waals surface area contributed by atoms with Crippen molar-refractivity contribution in [2.45, 2.75) is 39.2 Å². The second-order valence-corrected chi connectivity index (χ2v) is 5.32. The fraction of sp³-hybridized carbons (Fsp3) is 0.438. The lowest BCUT2D eigenvalue weighted by atomic mass is 10.1. The molecule has 0 bridgehead atoms. The molecule has 6 nitrogen and oxygen atoms in total. The number of amides is 2. The molecule has 0 saturated heterocycles. The number of carbonyl (C=O) groups excluding carboxylic acids is 2. The summed E-state index contributed by atoms with van der Waals surface area (Å²) in [5.74, 6) is -0.453. The van der Waals surface area contributed by atoms with E-state index in [-0.39, 0.29) is 5.69 Å². The molecule has 0 fully saturated rings. The van der Waals surface area contributed by atoms with Crippen molar-refractivity contribution in [3.63, 3.8) is 0 Å². The second-order valence-electron chi connectivity index (χ2n) is 5.32. The van der Waals surface area contributed by atoms with Gasteiger partial charge in [0.2, 0.25) is 12.3 Å². The average Bonchev–Trinajstić information content (AvgIpc) is 2.76. The van der Waals surface area contributed by atoms with Crippen LogP contribution in [0.1, 0.15) is 38.3 Å². The van der Waals surface area contributed by atoms with E-state index in [1.54, 1.807) is 11.6 Å². The maximum atomic E-state index is 12.6. The molecule has 2 rings (SSSR count). The highest BCUT2D eigenvalue weighted by molar-refractivity contribution is 5.90. The van der Waals surface area contributed by atoms with Gasteiger partial charge in [0, 0.05) is 7.05 Å². The van der Waals surface area contributed by atoms with Crippen LogP contribution >= 0.6 is 0 Å². The molecule has 1 atom stereocenters. The summed E-state index contributed by atoms with van der Waals surface area (Å²) in [6, 6.07) is 5.11. The van der Waals surface area contributed by atoms with Crippen LogP contribution in [0.2, 0.25) is 0 Å². The maximum Gasteiger partial charge on any atom is 0.329 e. The summed E-state index contributed by atoms with van der Waals surface area (Å²) in [6.45, 7) is 3.99. The third-order valence-corrected chi connectivity index (χ3v) is 3.94. The molecule has 1 N–H and O–H groups in total. The molecule has 0 aliphatic heterocycles. The van der Waals surface area contributed by atoms with Gasteiger partial charge in [-0.05, 0) is 30.5 Å². The molecule has 0 saturated carbocycles. The molecule has 2 amide bonds. The van der Waals surface area contributed by atoms with Crippen molar-refractivity contribution >= 4 is 23.4 Å². The fourth-order valence-electron chi connectivity index (χ4n) is 2.74. The zero-order chi connectivity index (χ0) is 16.3. The van der Waals surface area contributed by atoms with Crippen LogP contribution < -0.4 is 11.0 Å². The highest BCUT2D eigenvalue weighted by Crippen LogP contribution is 2.21. The number of aryl methyl sites for hydroxylation is 2. The fourth-order valence-corrected chi connectivity index (χ4v) is 2.74. The zero-order valence-corrected chi connectivity index (χ0v) is 13.1. The molecular weight excluding hydrogens is 282 g/mol. The third kappa shape index (κ3) is 2.68. The Bertz CT molecular complexity index is 758. The van der Waals surface area contributed by atoms with Gasteiger partial charge >= 0.3 is 5.69 Å². The summed E-state index contributed by atoms with van der Waals surface area (Å²) < 4.78 is 3.03. The van der Waals surface area contributed by atoms with E-state index in [0.29, 0.717) is 18.3 Å². The molecular formula is C16H21N3O3. The number of nitrogens with one attached hydrogen (secondary N) is 1. The summed E-state index contributed by atoms with van der Waals surface area (Å²) in [6.07, 6.45) is 2.46. The summed E-state index contributed by atoms with van der Waals surface area (Å²) >= 11 is 0. The maximum absolute atomic E-state index is 12.6. The van der Waals surface area contributed by atoms with E-state index >= 15 is 0 Å². The van der Waals surface area contributed by atoms with Gasteiger partial charge < -0.3 is 0 Å². The number of imidazole rings is 1. The van der Waals surface area contributed by atoms with Gasteiger partial charge in [0.05, 0.1) is 11.0 Å². The number of hydrogen-bond donors (Lipinski definition) is 1. The van der Waals surface area contributed by atoms with Gasteiger partial charge in [-0.1, -0.05) is 26.3 Å². The summed E-state index contributed by atoms with van der Waals surface area (Å²) in [4.78, 5) is 35.3. The lowest BCUT2D eigenvalue weighted by Gasteiger charge is -2.16. The lowest BCUT2D eigenvalue weighted by molar-refractivity contribution is -0.128. The Labute approximate surface area is 128 Å². The van der Waals surface area contributed by atoms with Gasteiger partial charge in [-0.25, -0.2) is 4.79 Å². The van der Waals surface area contributed by atoms with Crippen LogP contribution in [0.15, 0.2) is 23.0 Å². The van der Waals surface area contributed by atoms with E-state index in [2.05, 4.69) is 5.32 Å². The smallest absolute Gasteiger partial charge is 0.297 e. The molecule has 0 spiro atoms. The van der Waals surface area contributed by atoms with E-state index in [0.717, 1.165) is 23.9 Å². The molecule has 118 valence electrons. The standard InChI is InChI=1S/C16H21N3O3/c1-4-6-13(15(21)17-10-20)19-12-8-7-11(5-2)9-14(12)18(3)16(19)22/h7-10,13H,4-6H2,1-3H3,(H,17,20,21). The lowest BCUT2D eigenvalue weighted by Crippen LogP contribution is -2.36. The molecule has 0 radical (unpaired) electrons. The highest BCUT2D eigenvalue weighted by atomic mass is 16.2. The van der Waals surface area contributed by atoms with Crippen molar-refractivity contribution in [1.29, 1.82) is 0 Å². The molecule has 1 aromatic carbocycles. The number of carbonyl (C=O) groups is 2. The van der Waals surface area contributed by atoms with Gasteiger partial charge in [0.1, 0.15) is 6.04 Å². The molecule has 2 aromatic rings. The monoisotopic (exact) mass is 303 g/mol. The third-order valence-electron chi connectivity index (χ3n) is 3.94. The van der Waals surface area contributed by atoms with E-state index in [1.807, 2.05) is 32.0 Å². The number of rotatable bonds is 6. The molecule has 22 heavy (non-hydrogen) atoms. The van der Waals surface area contributed by atoms with Crippen molar-refractivity contribution in [2.24, 2.45) is 7.05 Å². The molecule has 1 heterocycles. The highest BCUT2D eigenvalue weighted by Gasteiger charge is 2.24. The van der Waals surface area contributed by atoms with E-state index < -0.39 is 11.9 Å². The first kappa shape index (κ1) is 16.0. The topological polar surface area (TPSA) is 73.1 Å². The molecule has 6 heteroatoms. The van der Waals surface area contributed by atoms with Gasteiger partial charge in [0.25, 0.3) is 0 Å². The summed E-state index contributed by atoms with van der Waals surface area (Å²) in [7, 11) is 1.70. The molecule has 1 unspecified atom stereocenters. The van der Waals surface area contributed by atoms with Crippen molar-refractivity contribution < 1.29 is 9.59 Å².